The number of hydrogen-bond donors (Lipinski definition) is 2. The van der Waals surface area contributed by atoms with Crippen LogP contribution in [0.2, 0.25) is 0 Å². The fourth-order valence-corrected chi connectivity index (χ4v) is 3.89. The minimum Gasteiger partial charge on any atom is -0.321 e. The molecule has 0 saturated carbocycles. The molecule has 6 heteroatoms. The smallest absolute Gasteiger partial charge is 0.265 e. The first-order chi connectivity index (χ1) is 15.5. The van der Waals surface area contributed by atoms with Crippen molar-refractivity contribution in [2.24, 2.45) is 0 Å². The van der Waals surface area contributed by atoms with E-state index in [2.05, 4.69) is 10.6 Å². The van der Waals surface area contributed by atoms with Gasteiger partial charge in [0.1, 0.15) is 0 Å². The van der Waals surface area contributed by atoms with E-state index in [-0.39, 0.29) is 11.7 Å². The van der Waals surface area contributed by atoms with Gasteiger partial charge in [-0.05, 0) is 42.6 Å². The molecular weight excluding hydrogens is 420 g/mol. The summed E-state index contributed by atoms with van der Waals surface area (Å²) in [6.07, 6.45) is 0. The molecule has 4 rings (SSSR count). The van der Waals surface area contributed by atoms with Crippen LogP contribution in [0.25, 0.3) is 0 Å². The third kappa shape index (κ3) is 4.66. The number of anilines is 2. The maximum atomic E-state index is 13.1. The van der Waals surface area contributed by atoms with Gasteiger partial charge in [-0.1, -0.05) is 60.2 Å². The summed E-state index contributed by atoms with van der Waals surface area (Å²) in [5.41, 5.74) is 2.96. The molecule has 0 unspecified atom stereocenters. The molecular formula is C26H20N2O3S. The zero-order valence-electron chi connectivity index (χ0n) is 17.3. The van der Waals surface area contributed by atoms with E-state index in [0.29, 0.717) is 32.9 Å². The van der Waals surface area contributed by atoms with E-state index < -0.39 is 5.91 Å². The number of rotatable bonds is 6. The van der Waals surface area contributed by atoms with E-state index in [1.54, 1.807) is 72.8 Å². The molecule has 158 valence electrons. The van der Waals surface area contributed by atoms with Crippen molar-refractivity contribution in [1.82, 2.24) is 0 Å². The van der Waals surface area contributed by atoms with Crippen LogP contribution in [0.1, 0.15) is 41.5 Å². The summed E-state index contributed by atoms with van der Waals surface area (Å²) < 4.78 is 0. The minimum absolute atomic E-state index is 0.177. The average molecular weight is 441 g/mol. The highest BCUT2D eigenvalue weighted by Gasteiger charge is 2.19. The number of ketones is 1. The number of aryl methyl sites for hydroxylation is 1. The standard InChI is InChI=1S/C26H20N2O3S/c1-17-13-14-22(20(16-17)24(29)18-8-3-2-4-9-18)27-25(30)19-10-5-6-11-21(19)28-26(31)23-12-7-15-32-23/h2-16H,1H3,(H,27,30)(H,28,31). The Kier molecular flexibility index (Phi) is 6.24. The quantitative estimate of drug-likeness (QED) is 0.373. The van der Waals surface area contributed by atoms with Crippen LogP contribution in [-0.2, 0) is 0 Å². The van der Waals surface area contributed by atoms with Gasteiger partial charge in [0.25, 0.3) is 11.8 Å². The monoisotopic (exact) mass is 440 g/mol. The number of nitrogens with one attached hydrogen (secondary N) is 2. The Bertz CT molecular complexity index is 1280. The molecule has 0 saturated heterocycles. The summed E-state index contributed by atoms with van der Waals surface area (Å²) in [5, 5.41) is 7.46. The van der Waals surface area contributed by atoms with Crippen LogP contribution in [-0.4, -0.2) is 17.6 Å². The van der Waals surface area contributed by atoms with Gasteiger partial charge in [-0.2, -0.15) is 0 Å². The minimum atomic E-state index is -0.418. The molecule has 0 aliphatic rings. The molecule has 0 spiro atoms. The number of carbonyl (C=O) groups is 3. The molecule has 32 heavy (non-hydrogen) atoms. The van der Waals surface area contributed by atoms with Crippen molar-refractivity contribution in [3.8, 4) is 0 Å². The van der Waals surface area contributed by atoms with Gasteiger partial charge in [-0.25, -0.2) is 0 Å². The molecule has 4 aromatic rings. The Balaban J connectivity index is 1.62. The molecule has 5 nitrogen and oxygen atoms in total. The second-order valence-corrected chi connectivity index (χ2v) is 8.12. The van der Waals surface area contributed by atoms with Crippen LogP contribution in [0.4, 0.5) is 11.4 Å². The van der Waals surface area contributed by atoms with Gasteiger partial charge in [0.2, 0.25) is 0 Å². The molecule has 3 aromatic carbocycles. The second kappa shape index (κ2) is 9.41. The summed E-state index contributed by atoms with van der Waals surface area (Å²) in [4.78, 5) is 39.2. The Morgan fingerprint density at radius 2 is 1.38 bits per heavy atom. The van der Waals surface area contributed by atoms with Crippen molar-refractivity contribution in [1.29, 1.82) is 0 Å². The molecule has 0 aliphatic heterocycles. The summed E-state index contributed by atoms with van der Waals surface area (Å²) in [6.45, 7) is 1.89. The third-order valence-electron chi connectivity index (χ3n) is 4.87. The zero-order chi connectivity index (χ0) is 22.5. The number of amides is 2. The van der Waals surface area contributed by atoms with Gasteiger partial charge in [-0.15, -0.1) is 11.3 Å². The summed E-state index contributed by atoms with van der Waals surface area (Å²) in [6, 6.07) is 24.5. The van der Waals surface area contributed by atoms with Gasteiger partial charge in [0.15, 0.2) is 5.78 Å². The van der Waals surface area contributed by atoms with Crippen LogP contribution in [0.3, 0.4) is 0 Å². The van der Waals surface area contributed by atoms with Crippen LogP contribution < -0.4 is 10.6 Å². The van der Waals surface area contributed by atoms with Gasteiger partial charge < -0.3 is 10.6 Å². The lowest BCUT2D eigenvalue weighted by molar-refractivity contribution is 0.102. The molecule has 1 aromatic heterocycles. The maximum Gasteiger partial charge on any atom is 0.265 e. The van der Waals surface area contributed by atoms with Crippen molar-refractivity contribution in [3.05, 3.63) is 117 Å². The first kappa shape index (κ1) is 21.2. The number of thiophene rings is 1. The zero-order valence-corrected chi connectivity index (χ0v) is 18.1. The predicted octanol–water partition coefficient (Wildman–Crippen LogP) is 5.79. The Morgan fingerprint density at radius 3 is 2.12 bits per heavy atom. The van der Waals surface area contributed by atoms with Crippen LogP contribution in [0.5, 0.6) is 0 Å². The Morgan fingerprint density at radius 1 is 0.688 bits per heavy atom. The Labute approximate surface area is 189 Å². The Hall–Kier alpha value is -4.03. The second-order valence-electron chi connectivity index (χ2n) is 7.18. The van der Waals surface area contributed by atoms with E-state index in [1.807, 2.05) is 24.4 Å². The average Bonchev–Trinajstić information content (AvgIpc) is 3.36. The SMILES string of the molecule is Cc1ccc(NC(=O)c2ccccc2NC(=O)c2cccs2)c(C(=O)c2ccccc2)c1. The lowest BCUT2D eigenvalue weighted by Gasteiger charge is -2.14. The number of carbonyl (C=O) groups excluding carboxylic acids is 3. The maximum absolute atomic E-state index is 13.1. The number of hydrogen-bond acceptors (Lipinski definition) is 4. The normalized spacial score (nSPS) is 10.4. The summed E-state index contributed by atoms with van der Waals surface area (Å²) in [5.74, 6) is -0.877. The lowest BCUT2D eigenvalue weighted by Crippen LogP contribution is -2.19. The van der Waals surface area contributed by atoms with E-state index >= 15 is 0 Å². The van der Waals surface area contributed by atoms with E-state index in [1.165, 1.54) is 11.3 Å². The molecule has 0 aliphatic carbocycles. The van der Waals surface area contributed by atoms with E-state index in [9.17, 15) is 14.4 Å². The highest BCUT2D eigenvalue weighted by atomic mass is 32.1. The molecule has 0 bridgehead atoms. The summed E-state index contributed by atoms with van der Waals surface area (Å²) >= 11 is 1.32. The first-order valence-corrected chi connectivity index (χ1v) is 10.9. The molecule has 1 heterocycles. The van der Waals surface area contributed by atoms with Crippen LogP contribution >= 0.6 is 11.3 Å². The van der Waals surface area contributed by atoms with Crippen LogP contribution in [0, 0.1) is 6.92 Å². The van der Waals surface area contributed by atoms with Gasteiger partial charge in [0, 0.05) is 11.1 Å². The van der Waals surface area contributed by atoms with E-state index in [0.717, 1.165) is 5.56 Å². The highest BCUT2D eigenvalue weighted by Crippen LogP contribution is 2.24. The molecule has 0 radical (unpaired) electrons. The predicted molar refractivity (Wildman–Crippen MR) is 128 cm³/mol. The molecule has 0 atom stereocenters. The third-order valence-corrected chi connectivity index (χ3v) is 5.74. The van der Waals surface area contributed by atoms with Gasteiger partial charge in [-0.3, -0.25) is 14.4 Å². The number of para-hydroxylation sites is 1. The highest BCUT2D eigenvalue weighted by molar-refractivity contribution is 7.12. The van der Waals surface area contributed by atoms with Crippen LogP contribution in [0.15, 0.2) is 90.3 Å². The van der Waals surface area contributed by atoms with E-state index in [4.69, 9.17) is 0 Å². The van der Waals surface area contributed by atoms with Crippen molar-refractivity contribution >= 4 is 40.3 Å². The molecule has 2 N–H and O–H groups in total. The van der Waals surface area contributed by atoms with Gasteiger partial charge in [0.05, 0.1) is 21.8 Å². The van der Waals surface area contributed by atoms with Crippen molar-refractivity contribution < 1.29 is 14.4 Å². The lowest BCUT2D eigenvalue weighted by atomic mass is 9.99. The fraction of sp³-hybridized carbons (Fsp3) is 0.0385. The summed E-state index contributed by atoms with van der Waals surface area (Å²) in [7, 11) is 0. The van der Waals surface area contributed by atoms with Gasteiger partial charge >= 0.3 is 0 Å². The number of benzene rings is 3. The van der Waals surface area contributed by atoms with Crippen molar-refractivity contribution in [3.63, 3.8) is 0 Å². The molecule has 2 amide bonds. The van der Waals surface area contributed by atoms with Crippen molar-refractivity contribution in [2.75, 3.05) is 10.6 Å². The first-order valence-electron chi connectivity index (χ1n) is 9.98. The topological polar surface area (TPSA) is 75.3 Å². The van der Waals surface area contributed by atoms with Crippen molar-refractivity contribution in [2.45, 2.75) is 6.92 Å². The largest absolute Gasteiger partial charge is 0.321 e. The molecule has 0 fully saturated rings. The fourth-order valence-electron chi connectivity index (χ4n) is 3.27.